The Kier molecular flexibility index (Phi) is 8.58. The summed E-state index contributed by atoms with van der Waals surface area (Å²) in [6.07, 6.45) is 3.24. The average molecular weight is 336 g/mol. The van der Waals surface area contributed by atoms with Gasteiger partial charge in [-0.2, -0.15) is 0 Å². The topological polar surface area (TPSA) is 62.6 Å². The molecule has 0 atom stereocenters. The number of furan rings is 1. The summed E-state index contributed by atoms with van der Waals surface area (Å²) in [4.78, 5) is 26.5. The highest BCUT2D eigenvalue weighted by atomic mass is 16.3. The molecule has 0 aliphatic rings. The summed E-state index contributed by atoms with van der Waals surface area (Å²) in [6.45, 7) is 11.8. The van der Waals surface area contributed by atoms with Crippen molar-refractivity contribution in [2.45, 2.75) is 60.3 Å². The number of carbonyl (C=O) groups excluding carboxylic acids is 2. The molecule has 0 fully saturated rings. The molecule has 2 amide bonds. The van der Waals surface area contributed by atoms with Crippen molar-refractivity contribution in [1.29, 1.82) is 0 Å². The van der Waals surface area contributed by atoms with Gasteiger partial charge in [0, 0.05) is 26.1 Å². The number of rotatable bonds is 10. The van der Waals surface area contributed by atoms with Crippen molar-refractivity contribution in [2.75, 3.05) is 19.6 Å². The summed E-state index contributed by atoms with van der Waals surface area (Å²) in [5, 5.41) is 2.92. The Hall–Kier alpha value is -1.78. The molecule has 0 saturated heterocycles. The highest BCUT2D eigenvalue weighted by Gasteiger charge is 2.20. The van der Waals surface area contributed by atoms with Gasteiger partial charge >= 0.3 is 0 Å². The third kappa shape index (κ3) is 6.77. The van der Waals surface area contributed by atoms with E-state index < -0.39 is 0 Å². The van der Waals surface area contributed by atoms with Crippen molar-refractivity contribution in [1.82, 2.24) is 10.2 Å². The molecule has 1 aromatic rings. The molecule has 0 aliphatic carbocycles. The number of nitrogens with one attached hydrogen (secondary N) is 1. The van der Waals surface area contributed by atoms with Crippen LogP contribution < -0.4 is 5.32 Å². The van der Waals surface area contributed by atoms with Crippen LogP contribution in [-0.4, -0.2) is 36.3 Å². The quantitative estimate of drug-likeness (QED) is 0.709. The molecule has 0 bridgehead atoms. The van der Waals surface area contributed by atoms with Gasteiger partial charge in [-0.15, -0.1) is 0 Å². The van der Waals surface area contributed by atoms with Crippen LogP contribution in [0.5, 0.6) is 0 Å². The molecule has 136 valence electrons. The molecule has 1 heterocycles. The maximum atomic E-state index is 12.7. The Morgan fingerprint density at radius 2 is 1.96 bits per heavy atom. The van der Waals surface area contributed by atoms with Gasteiger partial charge in [0.25, 0.3) is 5.91 Å². The van der Waals surface area contributed by atoms with Crippen LogP contribution in [0.2, 0.25) is 0 Å². The maximum Gasteiger partial charge on any atom is 0.257 e. The van der Waals surface area contributed by atoms with Crippen molar-refractivity contribution in [3.63, 3.8) is 0 Å². The SMILES string of the molecule is CCCCN(CCC(=O)NCCC(C)C)C(=O)c1cc(C)oc1C. The van der Waals surface area contributed by atoms with E-state index in [1.54, 1.807) is 17.9 Å². The fourth-order valence-electron chi connectivity index (χ4n) is 2.50. The van der Waals surface area contributed by atoms with Gasteiger partial charge in [-0.1, -0.05) is 27.2 Å². The highest BCUT2D eigenvalue weighted by Crippen LogP contribution is 2.16. The second kappa shape index (κ2) is 10.2. The molecule has 0 unspecified atom stereocenters. The molecule has 1 rings (SSSR count). The maximum absolute atomic E-state index is 12.7. The smallest absolute Gasteiger partial charge is 0.257 e. The Balaban J connectivity index is 2.60. The Labute approximate surface area is 145 Å². The minimum absolute atomic E-state index is 0.00467. The molecule has 5 heteroatoms. The van der Waals surface area contributed by atoms with Gasteiger partial charge in [-0.3, -0.25) is 9.59 Å². The first kappa shape index (κ1) is 20.3. The van der Waals surface area contributed by atoms with Gasteiger partial charge in [0.2, 0.25) is 5.91 Å². The van der Waals surface area contributed by atoms with Crippen LogP contribution in [0.4, 0.5) is 0 Å². The summed E-state index contributed by atoms with van der Waals surface area (Å²) in [7, 11) is 0. The molecule has 0 saturated carbocycles. The van der Waals surface area contributed by atoms with Crippen LogP contribution in [0.3, 0.4) is 0 Å². The summed E-state index contributed by atoms with van der Waals surface area (Å²) in [6, 6.07) is 1.78. The van der Waals surface area contributed by atoms with E-state index in [-0.39, 0.29) is 11.8 Å². The van der Waals surface area contributed by atoms with Gasteiger partial charge in [-0.05, 0) is 38.7 Å². The number of aryl methyl sites for hydroxylation is 2. The molecule has 0 spiro atoms. The van der Waals surface area contributed by atoms with Crippen molar-refractivity contribution in [3.8, 4) is 0 Å². The van der Waals surface area contributed by atoms with Crippen molar-refractivity contribution in [3.05, 3.63) is 23.2 Å². The second-order valence-corrected chi connectivity index (χ2v) is 6.76. The van der Waals surface area contributed by atoms with Crippen LogP contribution in [0.25, 0.3) is 0 Å². The fraction of sp³-hybridized carbons (Fsp3) is 0.684. The lowest BCUT2D eigenvalue weighted by atomic mass is 10.1. The predicted molar refractivity (Wildman–Crippen MR) is 96.1 cm³/mol. The minimum Gasteiger partial charge on any atom is -0.466 e. The van der Waals surface area contributed by atoms with Crippen LogP contribution in [-0.2, 0) is 4.79 Å². The number of nitrogens with zero attached hydrogens (tertiary/aromatic N) is 1. The zero-order valence-corrected chi connectivity index (χ0v) is 15.8. The zero-order valence-electron chi connectivity index (χ0n) is 15.8. The molecule has 0 radical (unpaired) electrons. The van der Waals surface area contributed by atoms with Gasteiger partial charge < -0.3 is 14.6 Å². The summed E-state index contributed by atoms with van der Waals surface area (Å²) in [5.74, 6) is 1.90. The Bertz CT molecular complexity index is 535. The van der Waals surface area contributed by atoms with Gasteiger partial charge in [0.15, 0.2) is 0 Å². The van der Waals surface area contributed by atoms with E-state index in [0.717, 1.165) is 25.0 Å². The summed E-state index contributed by atoms with van der Waals surface area (Å²) >= 11 is 0. The lowest BCUT2D eigenvalue weighted by Crippen LogP contribution is -2.36. The molecule has 5 nitrogen and oxygen atoms in total. The largest absolute Gasteiger partial charge is 0.466 e. The summed E-state index contributed by atoms with van der Waals surface area (Å²) in [5.41, 5.74) is 0.601. The van der Waals surface area contributed by atoms with Gasteiger partial charge in [-0.25, -0.2) is 0 Å². The first-order valence-electron chi connectivity index (χ1n) is 8.98. The normalized spacial score (nSPS) is 10.9. The second-order valence-electron chi connectivity index (χ2n) is 6.76. The number of hydrogen-bond donors (Lipinski definition) is 1. The Morgan fingerprint density at radius 3 is 2.50 bits per heavy atom. The lowest BCUT2D eigenvalue weighted by molar-refractivity contribution is -0.121. The number of unbranched alkanes of at least 4 members (excludes halogenated alkanes) is 1. The molecular weight excluding hydrogens is 304 g/mol. The molecule has 0 aromatic carbocycles. The third-order valence-corrected chi connectivity index (χ3v) is 3.99. The lowest BCUT2D eigenvalue weighted by Gasteiger charge is -2.22. The predicted octanol–water partition coefficient (Wildman–Crippen LogP) is 3.69. The van der Waals surface area contributed by atoms with E-state index in [1.807, 2.05) is 6.92 Å². The van der Waals surface area contributed by atoms with Crippen molar-refractivity contribution < 1.29 is 14.0 Å². The molecule has 0 aliphatic heterocycles. The summed E-state index contributed by atoms with van der Waals surface area (Å²) < 4.78 is 5.46. The van der Waals surface area contributed by atoms with Crippen molar-refractivity contribution in [2.24, 2.45) is 5.92 Å². The number of hydrogen-bond acceptors (Lipinski definition) is 3. The number of carbonyl (C=O) groups is 2. The Morgan fingerprint density at radius 1 is 1.25 bits per heavy atom. The number of amides is 2. The molecule has 1 N–H and O–H groups in total. The first-order valence-corrected chi connectivity index (χ1v) is 8.98. The fourth-order valence-corrected chi connectivity index (χ4v) is 2.50. The molecule has 24 heavy (non-hydrogen) atoms. The zero-order chi connectivity index (χ0) is 18.1. The van der Waals surface area contributed by atoms with Gasteiger partial charge in [0.1, 0.15) is 11.5 Å². The first-order chi connectivity index (χ1) is 11.3. The molecular formula is C19H32N2O3. The van der Waals surface area contributed by atoms with Gasteiger partial charge in [0.05, 0.1) is 5.56 Å². The van der Waals surface area contributed by atoms with E-state index in [0.29, 0.717) is 43.3 Å². The molecule has 1 aromatic heterocycles. The van der Waals surface area contributed by atoms with E-state index in [9.17, 15) is 9.59 Å². The van der Waals surface area contributed by atoms with E-state index >= 15 is 0 Å². The van der Waals surface area contributed by atoms with Crippen LogP contribution in [0.1, 0.15) is 68.3 Å². The monoisotopic (exact) mass is 336 g/mol. The van der Waals surface area contributed by atoms with Crippen LogP contribution >= 0.6 is 0 Å². The van der Waals surface area contributed by atoms with Crippen LogP contribution in [0, 0.1) is 19.8 Å². The minimum atomic E-state index is -0.0484. The highest BCUT2D eigenvalue weighted by molar-refractivity contribution is 5.95. The standard InChI is InChI=1S/C19H32N2O3/c1-6-7-11-21(12-9-18(22)20-10-8-14(2)3)19(23)17-13-15(4)24-16(17)5/h13-14H,6-12H2,1-5H3,(H,20,22). The van der Waals surface area contributed by atoms with E-state index in [1.165, 1.54) is 0 Å². The van der Waals surface area contributed by atoms with E-state index in [4.69, 9.17) is 4.42 Å². The van der Waals surface area contributed by atoms with Crippen molar-refractivity contribution >= 4 is 11.8 Å². The van der Waals surface area contributed by atoms with Crippen LogP contribution in [0.15, 0.2) is 10.5 Å². The van der Waals surface area contributed by atoms with E-state index in [2.05, 4.69) is 26.1 Å². The average Bonchev–Trinajstić information content (AvgIpc) is 2.85. The third-order valence-electron chi connectivity index (χ3n) is 3.99.